The number of benzene rings is 3. The van der Waals surface area contributed by atoms with Crippen molar-refractivity contribution >= 4 is 17.6 Å². The zero-order valence-electron chi connectivity index (χ0n) is 39.3. The number of rotatable bonds is 35. The predicted molar refractivity (Wildman–Crippen MR) is 254 cm³/mol. The van der Waals surface area contributed by atoms with E-state index in [2.05, 4.69) is 92.7 Å². The van der Waals surface area contributed by atoms with Gasteiger partial charge in [-0.2, -0.15) is 0 Å². The van der Waals surface area contributed by atoms with E-state index in [0.29, 0.717) is 83.3 Å². The van der Waals surface area contributed by atoms with E-state index in [4.69, 9.17) is 36.0 Å². The van der Waals surface area contributed by atoms with E-state index >= 15 is 0 Å². The van der Waals surface area contributed by atoms with E-state index in [1.807, 2.05) is 41.5 Å². The maximum Gasteiger partial charge on any atom is 0.501 e. The second kappa shape index (κ2) is 28.5. The van der Waals surface area contributed by atoms with Crippen molar-refractivity contribution in [2.45, 2.75) is 149 Å². The Balaban J connectivity index is 1.61. The lowest BCUT2D eigenvalue weighted by atomic mass is 9.74. The van der Waals surface area contributed by atoms with Crippen LogP contribution in [0.15, 0.2) is 78.9 Å². The third-order valence-corrected chi connectivity index (χ3v) is 18.5. The van der Waals surface area contributed by atoms with Gasteiger partial charge in [0.25, 0.3) is 0 Å². The van der Waals surface area contributed by atoms with Crippen molar-refractivity contribution in [3.63, 3.8) is 0 Å². The zero-order valence-corrected chi connectivity index (χ0v) is 41.3. The van der Waals surface area contributed by atoms with Gasteiger partial charge in [-0.3, -0.25) is 0 Å². The van der Waals surface area contributed by atoms with Crippen LogP contribution in [0, 0.1) is 5.92 Å². The van der Waals surface area contributed by atoms with Gasteiger partial charge in [0.2, 0.25) is 0 Å². The minimum Gasteiger partial charge on any atom is -0.379 e. The molecule has 0 saturated carbocycles. The zero-order chi connectivity index (χ0) is 43.8. The third kappa shape index (κ3) is 17.0. The van der Waals surface area contributed by atoms with Crippen LogP contribution in [-0.2, 0) is 48.9 Å². The predicted octanol–water partition coefficient (Wildman–Crippen LogP) is 12.3. The molecule has 0 aliphatic heterocycles. The van der Waals surface area contributed by atoms with Gasteiger partial charge in [0.05, 0.1) is 12.7 Å². The summed E-state index contributed by atoms with van der Waals surface area (Å²) in [6.45, 7) is 21.9. The number of hydrogen-bond acceptors (Lipinski definition) is 8. The van der Waals surface area contributed by atoms with Gasteiger partial charge in [0, 0.05) is 64.9 Å². The highest BCUT2D eigenvalue weighted by atomic mass is 28.4. The minimum atomic E-state index is -2.79. The fourth-order valence-electron chi connectivity index (χ4n) is 9.01. The average Bonchev–Trinajstić information content (AvgIpc) is 3.25. The minimum absolute atomic E-state index is 0.109. The highest BCUT2D eigenvalue weighted by Crippen LogP contribution is 2.43. The van der Waals surface area contributed by atoms with Crippen molar-refractivity contribution in [2.24, 2.45) is 5.92 Å². The van der Waals surface area contributed by atoms with Crippen molar-refractivity contribution in [3.05, 3.63) is 107 Å². The molecule has 0 spiro atoms. The largest absolute Gasteiger partial charge is 0.501 e. The number of fused-ring (bicyclic) bond motifs is 1. The molecular weight excluding hydrogens is 797 g/mol. The molecule has 8 nitrogen and oxygen atoms in total. The average molecular weight is 879 g/mol. The Labute approximate surface area is 373 Å². The Hall–Kier alpha value is -2.23. The first-order valence-electron chi connectivity index (χ1n) is 24.0. The topological polar surface area (TPSA) is 73.8 Å². The Morgan fingerprint density at radius 3 is 1.39 bits per heavy atom. The van der Waals surface area contributed by atoms with Crippen LogP contribution in [0.25, 0.3) is 0 Å². The maximum absolute atomic E-state index is 6.90. The molecule has 0 heterocycles. The fraction of sp³-hybridized carbons (Fsp3) is 0.647. The normalized spacial score (nSPS) is 15.5. The van der Waals surface area contributed by atoms with E-state index in [1.54, 1.807) is 0 Å². The first kappa shape index (κ1) is 51.4. The van der Waals surface area contributed by atoms with Gasteiger partial charge < -0.3 is 36.0 Å². The molecule has 5 unspecified atom stereocenters. The van der Waals surface area contributed by atoms with Crippen LogP contribution in [0.3, 0.4) is 0 Å². The molecule has 0 amide bonds. The summed E-state index contributed by atoms with van der Waals surface area (Å²) in [6, 6.07) is 31.2. The van der Waals surface area contributed by atoms with Gasteiger partial charge in [-0.15, -0.1) is 0 Å². The Morgan fingerprint density at radius 1 is 0.492 bits per heavy atom. The van der Waals surface area contributed by atoms with Crippen molar-refractivity contribution < 1.29 is 36.0 Å². The summed E-state index contributed by atoms with van der Waals surface area (Å²) < 4.78 is 50.5. The van der Waals surface area contributed by atoms with Gasteiger partial charge >= 0.3 is 17.6 Å². The Morgan fingerprint density at radius 2 is 0.951 bits per heavy atom. The highest BCUT2D eigenvalue weighted by Gasteiger charge is 2.41. The number of ether oxygens (including phenoxy) is 2. The molecule has 0 radical (unpaired) electrons. The number of aryl methyl sites for hydroxylation is 2. The lowest BCUT2D eigenvalue weighted by Gasteiger charge is -2.32. The third-order valence-electron chi connectivity index (χ3n) is 12.2. The van der Waals surface area contributed by atoms with Crippen LogP contribution in [0.2, 0.25) is 12.1 Å². The summed E-state index contributed by atoms with van der Waals surface area (Å²) in [6.07, 6.45) is 9.23. The lowest BCUT2D eigenvalue weighted by molar-refractivity contribution is -0.0263. The highest BCUT2D eigenvalue weighted by molar-refractivity contribution is 6.61. The molecule has 0 aromatic heterocycles. The van der Waals surface area contributed by atoms with E-state index in [0.717, 1.165) is 38.1 Å². The summed E-state index contributed by atoms with van der Waals surface area (Å²) in [5.41, 5.74) is 7.34. The second-order valence-corrected chi connectivity index (χ2v) is 22.1. The maximum atomic E-state index is 6.90. The smallest absolute Gasteiger partial charge is 0.379 e. The van der Waals surface area contributed by atoms with Gasteiger partial charge in [-0.25, -0.2) is 0 Å². The van der Waals surface area contributed by atoms with Crippen LogP contribution in [-0.4, -0.2) is 83.2 Å². The molecule has 3 aromatic rings. The summed E-state index contributed by atoms with van der Waals surface area (Å²) in [5, 5.41) is 0. The van der Waals surface area contributed by atoms with E-state index in [1.165, 1.54) is 53.5 Å². The Kier molecular flexibility index (Phi) is 24.1. The molecule has 3 aromatic carbocycles. The molecule has 61 heavy (non-hydrogen) atoms. The SMILES string of the molecule is CCO[Si](CCCOCC(CC(CC(CC(CC(C)CC)c1ccccc1)c1ccc2c(c1)CC2)c1ccccc1)OCCC[Si](OCC)(OCC)OCC)(OCC)OCC. The molecule has 5 atom stereocenters. The van der Waals surface area contributed by atoms with E-state index in [9.17, 15) is 0 Å². The van der Waals surface area contributed by atoms with Gasteiger partial charge in [0.1, 0.15) is 0 Å². The molecule has 10 heteroatoms. The molecule has 1 aliphatic carbocycles. The summed E-state index contributed by atoms with van der Waals surface area (Å²) in [7, 11) is -5.55. The molecular formula is C51H82O8Si2. The van der Waals surface area contributed by atoms with Crippen molar-refractivity contribution in [1.82, 2.24) is 0 Å². The van der Waals surface area contributed by atoms with Crippen molar-refractivity contribution in [2.75, 3.05) is 59.5 Å². The Bertz CT molecular complexity index is 1550. The van der Waals surface area contributed by atoms with Crippen LogP contribution in [0.5, 0.6) is 0 Å². The lowest BCUT2D eigenvalue weighted by Crippen LogP contribution is -2.46. The van der Waals surface area contributed by atoms with Gasteiger partial charge in [0.15, 0.2) is 0 Å². The fourth-order valence-corrected chi connectivity index (χ4v) is 14.2. The molecule has 342 valence electrons. The second-order valence-electron chi connectivity index (χ2n) is 16.6. The van der Waals surface area contributed by atoms with E-state index in [-0.39, 0.29) is 12.0 Å². The molecule has 0 bridgehead atoms. The van der Waals surface area contributed by atoms with Gasteiger partial charge in [-0.05, 0) is 144 Å². The molecule has 0 N–H and O–H groups in total. The van der Waals surface area contributed by atoms with Gasteiger partial charge in [-0.1, -0.05) is 99.1 Å². The monoisotopic (exact) mass is 879 g/mol. The molecule has 0 fully saturated rings. The molecule has 0 saturated heterocycles. The number of hydrogen-bond donors (Lipinski definition) is 0. The van der Waals surface area contributed by atoms with E-state index < -0.39 is 17.6 Å². The summed E-state index contributed by atoms with van der Waals surface area (Å²) >= 11 is 0. The van der Waals surface area contributed by atoms with Crippen LogP contribution in [0.4, 0.5) is 0 Å². The van der Waals surface area contributed by atoms with Crippen LogP contribution < -0.4 is 0 Å². The first-order valence-corrected chi connectivity index (χ1v) is 27.9. The summed E-state index contributed by atoms with van der Waals surface area (Å²) in [4.78, 5) is 0. The molecule has 1 aliphatic rings. The molecule has 4 rings (SSSR count). The van der Waals surface area contributed by atoms with Crippen LogP contribution in [0.1, 0.15) is 146 Å². The van der Waals surface area contributed by atoms with Crippen LogP contribution >= 0.6 is 0 Å². The van der Waals surface area contributed by atoms with Crippen molar-refractivity contribution in [3.8, 4) is 0 Å². The first-order chi connectivity index (χ1) is 29.8. The quantitative estimate of drug-likeness (QED) is 0.0427. The standard InChI is InChI=1S/C51H82O8Si2/c1-9-42(8)36-48(43-24-18-16-19-25-43)38-49(47-31-29-45-28-30-46(45)37-47)39-50(44-26-20-17-21-27-44)40-51(53-33-23-35-61(57-13-5,58-14-6)59-15-7)41-52-32-22-34-60(54-10-2,55-11-3)56-12-4/h16-21,24-27,29,31,37,42,48-51H,9-15,22-23,28,30,32-36,38-41H2,1-8H3. The van der Waals surface area contributed by atoms with Crippen molar-refractivity contribution in [1.29, 1.82) is 0 Å². The summed E-state index contributed by atoms with van der Waals surface area (Å²) in [5.74, 6) is 1.78.